The molecule has 2 heterocycles. The van der Waals surface area contributed by atoms with Crippen molar-refractivity contribution in [3.63, 3.8) is 0 Å². The lowest BCUT2D eigenvalue weighted by Gasteiger charge is -1.98. The highest BCUT2D eigenvalue weighted by Gasteiger charge is 2.14. The van der Waals surface area contributed by atoms with Crippen LogP contribution in [0, 0.1) is 0 Å². The molecule has 0 bridgehead atoms. The Morgan fingerprint density at radius 2 is 1.83 bits per heavy atom. The molecule has 0 fully saturated rings. The van der Waals surface area contributed by atoms with Gasteiger partial charge >= 0.3 is 0 Å². The number of nitrogens with zero attached hydrogens (tertiary/aromatic N) is 3. The Labute approximate surface area is 136 Å². The molecule has 114 valence electrons. The number of fused-ring (bicyclic) bond motifs is 1. The van der Waals surface area contributed by atoms with Gasteiger partial charge in [-0.05, 0) is 12.1 Å². The fourth-order valence-corrected chi connectivity index (χ4v) is 2.91. The maximum Gasteiger partial charge on any atom is 0.231 e. The van der Waals surface area contributed by atoms with Gasteiger partial charge in [0.15, 0.2) is 21.6 Å². The Bertz CT molecular complexity index is 877. The van der Waals surface area contributed by atoms with E-state index in [4.69, 9.17) is 15.2 Å². The van der Waals surface area contributed by atoms with Crippen molar-refractivity contribution in [1.29, 1.82) is 0 Å². The van der Waals surface area contributed by atoms with Crippen molar-refractivity contribution in [1.82, 2.24) is 4.98 Å². The molecular weight excluding hydrogens is 312 g/mol. The van der Waals surface area contributed by atoms with Crippen molar-refractivity contribution in [3.8, 4) is 22.8 Å². The largest absolute Gasteiger partial charge is 0.454 e. The van der Waals surface area contributed by atoms with Crippen LogP contribution >= 0.6 is 11.3 Å². The molecule has 2 aromatic carbocycles. The molecule has 7 heteroatoms. The van der Waals surface area contributed by atoms with Gasteiger partial charge in [-0.3, -0.25) is 0 Å². The van der Waals surface area contributed by atoms with Crippen molar-refractivity contribution < 1.29 is 9.47 Å². The van der Waals surface area contributed by atoms with Gasteiger partial charge in [0.05, 0.1) is 5.69 Å². The minimum atomic E-state index is 0.236. The number of hydrogen-bond acceptors (Lipinski definition) is 7. The van der Waals surface area contributed by atoms with Crippen molar-refractivity contribution in [2.75, 3.05) is 12.5 Å². The van der Waals surface area contributed by atoms with E-state index in [-0.39, 0.29) is 6.79 Å². The zero-order valence-corrected chi connectivity index (χ0v) is 12.8. The summed E-state index contributed by atoms with van der Waals surface area (Å²) in [5, 5.41) is 9.70. The molecule has 1 aromatic heterocycles. The van der Waals surface area contributed by atoms with Crippen molar-refractivity contribution in [3.05, 3.63) is 48.5 Å². The topological polar surface area (TPSA) is 82.1 Å². The van der Waals surface area contributed by atoms with Crippen LogP contribution in [0.2, 0.25) is 0 Å². The van der Waals surface area contributed by atoms with E-state index in [1.807, 2.05) is 42.5 Å². The molecule has 1 aliphatic rings. The second-order valence-electron chi connectivity index (χ2n) is 4.81. The van der Waals surface area contributed by atoms with E-state index >= 15 is 0 Å². The van der Waals surface area contributed by atoms with Gasteiger partial charge in [0.25, 0.3) is 0 Å². The summed E-state index contributed by atoms with van der Waals surface area (Å²) in [5.41, 5.74) is 8.20. The summed E-state index contributed by atoms with van der Waals surface area (Å²) in [5.74, 6) is 1.39. The highest BCUT2D eigenvalue weighted by molar-refractivity contribution is 7.19. The van der Waals surface area contributed by atoms with Gasteiger partial charge in [-0.1, -0.05) is 41.7 Å². The number of nitrogens with two attached hydrogens (primary N) is 1. The Hall–Kier alpha value is -2.93. The molecule has 0 amide bonds. The van der Waals surface area contributed by atoms with Gasteiger partial charge < -0.3 is 15.2 Å². The lowest BCUT2D eigenvalue weighted by Crippen LogP contribution is -1.92. The Morgan fingerprint density at radius 1 is 1.00 bits per heavy atom. The quantitative estimate of drug-likeness (QED) is 0.717. The van der Waals surface area contributed by atoms with Crippen LogP contribution in [0.4, 0.5) is 15.8 Å². The molecular formula is C16H12N4O2S. The fraction of sp³-hybridized carbons (Fsp3) is 0.0625. The first kappa shape index (κ1) is 13.7. The molecule has 1 aliphatic heterocycles. The van der Waals surface area contributed by atoms with E-state index in [1.165, 1.54) is 11.3 Å². The minimum absolute atomic E-state index is 0.236. The van der Waals surface area contributed by atoms with E-state index in [0.29, 0.717) is 21.6 Å². The zero-order valence-electron chi connectivity index (χ0n) is 12.0. The van der Waals surface area contributed by atoms with Crippen molar-refractivity contribution in [2.24, 2.45) is 10.2 Å². The van der Waals surface area contributed by atoms with Gasteiger partial charge in [-0.2, -0.15) is 0 Å². The van der Waals surface area contributed by atoms with Crippen LogP contribution in [0.5, 0.6) is 11.5 Å². The normalized spacial score (nSPS) is 12.9. The van der Waals surface area contributed by atoms with E-state index in [1.54, 1.807) is 6.07 Å². The standard InChI is InChI=1S/C16H12N4O2S/c17-16-18-14(10-4-2-1-3-5-10)15(23-16)20-19-11-6-7-12-13(8-11)22-9-21-12/h1-8H,9H2,(H2,17,18). The van der Waals surface area contributed by atoms with Gasteiger partial charge in [0.1, 0.15) is 5.69 Å². The molecule has 0 spiro atoms. The second kappa shape index (κ2) is 5.69. The average molecular weight is 324 g/mol. The first-order chi connectivity index (χ1) is 11.3. The number of nitrogen functional groups attached to an aromatic ring is 1. The lowest BCUT2D eigenvalue weighted by molar-refractivity contribution is 0.174. The van der Waals surface area contributed by atoms with Crippen LogP contribution in [0.3, 0.4) is 0 Å². The number of aromatic nitrogens is 1. The van der Waals surface area contributed by atoms with Gasteiger partial charge in [-0.25, -0.2) is 4.98 Å². The summed E-state index contributed by atoms with van der Waals surface area (Å²) in [6.07, 6.45) is 0. The first-order valence-electron chi connectivity index (χ1n) is 6.93. The molecule has 2 N–H and O–H groups in total. The number of anilines is 1. The van der Waals surface area contributed by atoms with E-state index in [9.17, 15) is 0 Å². The summed E-state index contributed by atoms with van der Waals surface area (Å²) in [6, 6.07) is 15.2. The van der Waals surface area contributed by atoms with Crippen LogP contribution < -0.4 is 15.2 Å². The van der Waals surface area contributed by atoms with Crippen LogP contribution in [0.25, 0.3) is 11.3 Å². The van der Waals surface area contributed by atoms with Crippen molar-refractivity contribution >= 4 is 27.2 Å². The Balaban J connectivity index is 1.67. The van der Waals surface area contributed by atoms with E-state index in [2.05, 4.69) is 15.2 Å². The summed E-state index contributed by atoms with van der Waals surface area (Å²) in [6.45, 7) is 0.236. The minimum Gasteiger partial charge on any atom is -0.454 e. The molecule has 0 saturated heterocycles. The Morgan fingerprint density at radius 3 is 2.70 bits per heavy atom. The van der Waals surface area contributed by atoms with Gasteiger partial charge in [0, 0.05) is 11.6 Å². The molecule has 0 aliphatic carbocycles. The monoisotopic (exact) mass is 324 g/mol. The third-order valence-electron chi connectivity index (χ3n) is 3.29. The Kier molecular flexibility index (Phi) is 3.39. The molecule has 0 radical (unpaired) electrons. The molecule has 4 rings (SSSR count). The fourth-order valence-electron chi connectivity index (χ4n) is 2.23. The van der Waals surface area contributed by atoms with Crippen LogP contribution in [0.15, 0.2) is 58.8 Å². The maximum atomic E-state index is 5.83. The molecule has 0 atom stereocenters. The predicted molar refractivity (Wildman–Crippen MR) is 88.7 cm³/mol. The molecule has 23 heavy (non-hydrogen) atoms. The van der Waals surface area contributed by atoms with Crippen LogP contribution in [-0.4, -0.2) is 11.8 Å². The highest BCUT2D eigenvalue weighted by Crippen LogP contribution is 2.39. The number of thiazole rings is 1. The molecule has 0 unspecified atom stereocenters. The van der Waals surface area contributed by atoms with Crippen LogP contribution in [0.1, 0.15) is 0 Å². The maximum absolute atomic E-state index is 5.83. The number of hydrogen-bond donors (Lipinski definition) is 1. The average Bonchev–Trinajstić information content (AvgIpc) is 3.19. The molecule has 0 saturated carbocycles. The lowest BCUT2D eigenvalue weighted by atomic mass is 10.2. The predicted octanol–water partition coefficient (Wildman–Crippen LogP) is 4.54. The third-order valence-corrected chi connectivity index (χ3v) is 4.05. The molecule has 3 aromatic rings. The smallest absolute Gasteiger partial charge is 0.231 e. The SMILES string of the molecule is Nc1nc(-c2ccccc2)c(N=Nc2ccc3c(c2)OCO3)s1. The first-order valence-corrected chi connectivity index (χ1v) is 7.74. The molecule has 6 nitrogen and oxygen atoms in total. The van der Waals surface area contributed by atoms with Crippen molar-refractivity contribution in [2.45, 2.75) is 0 Å². The van der Waals surface area contributed by atoms with E-state index in [0.717, 1.165) is 17.0 Å². The number of benzene rings is 2. The van der Waals surface area contributed by atoms with E-state index < -0.39 is 0 Å². The summed E-state index contributed by atoms with van der Waals surface area (Å²) < 4.78 is 10.6. The number of rotatable bonds is 3. The zero-order chi connectivity index (χ0) is 15.6. The van der Waals surface area contributed by atoms with Gasteiger partial charge in [0.2, 0.25) is 6.79 Å². The highest BCUT2D eigenvalue weighted by atomic mass is 32.1. The summed E-state index contributed by atoms with van der Waals surface area (Å²) >= 11 is 1.30. The summed E-state index contributed by atoms with van der Waals surface area (Å²) in [7, 11) is 0. The second-order valence-corrected chi connectivity index (χ2v) is 5.82. The third kappa shape index (κ3) is 2.74. The van der Waals surface area contributed by atoms with Crippen LogP contribution in [-0.2, 0) is 0 Å². The number of azo groups is 1. The summed E-state index contributed by atoms with van der Waals surface area (Å²) in [4.78, 5) is 4.35. The van der Waals surface area contributed by atoms with Gasteiger partial charge in [-0.15, -0.1) is 10.2 Å². The number of ether oxygens (including phenoxy) is 2.